The Morgan fingerprint density at radius 1 is 1.00 bits per heavy atom. The molecule has 2 amide bonds. The largest absolute Gasteiger partial charge is 0.494 e. The molecule has 1 aromatic carbocycles. The van der Waals surface area contributed by atoms with Gasteiger partial charge in [0, 0.05) is 17.0 Å². The van der Waals surface area contributed by atoms with Gasteiger partial charge in [-0.05, 0) is 50.6 Å². The molecule has 0 saturated carbocycles. The molecule has 2 rings (SSSR count). The lowest BCUT2D eigenvalue weighted by Gasteiger charge is -2.09. The number of nitrogens with one attached hydrogen (secondary N) is 2. The molecule has 2 N–H and O–H groups in total. The van der Waals surface area contributed by atoms with Crippen LogP contribution < -0.4 is 15.6 Å². The molecule has 0 unspecified atom stereocenters. The number of hydrazine groups is 1. The molecular formula is C21H28N4O3S. The van der Waals surface area contributed by atoms with Crippen LogP contribution in [0.25, 0.3) is 0 Å². The van der Waals surface area contributed by atoms with Gasteiger partial charge in [0.15, 0.2) is 5.16 Å². The Hall–Kier alpha value is -2.61. The van der Waals surface area contributed by atoms with E-state index in [9.17, 15) is 9.59 Å². The van der Waals surface area contributed by atoms with Crippen LogP contribution in [0.5, 0.6) is 5.75 Å². The topological polar surface area (TPSA) is 93.2 Å². The summed E-state index contributed by atoms with van der Waals surface area (Å²) in [5, 5.41) is 0.536. The van der Waals surface area contributed by atoms with Crippen LogP contribution >= 0.6 is 11.8 Å². The minimum Gasteiger partial charge on any atom is -0.494 e. The third-order valence-electron chi connectivity index (χ3n) is 3.99. The highest BCUT2D eigenvalue weighted by Gasteiger charge is 2.09. The number of thioether (sulfide) groups is 1. The third-order valence-corrected chi connectivity index (χ3v) is 4.84. The Balaban J connectivity index is 1.71. The number of hydrogen-bond acceptors (Lipinski definition) is 6. The zero-order valence-corrected chi connectivity index (χ0v) is 18.0. The van der Waals surface area contributed by atoms with Gasteiger partial charge in [0.05, 0.1) is 12.4 Å². The summed E-state index contributed by atoms with van der Waals surface area (Å²) in [4.78, 5) is 32.6. The van der Waals surface area contributed by atoms with E-state index in [1.807, 2.05) is 19.9 Å². The van der Waals surface area contributed by atoms with E-state index in [2.05, 4.69) is 27.7 Å². The fourth-order valence-electron chi connectivity index (χ4n) is 2.54. The van der Waals surface area contributed by atoms with Gasteiger partial charge < -0.3 is 4.74 Å². The van der Waals surface area contributed by atoms with E-state index in [0.29, 0.717) is 17.3 Å². The highest BCUT2D eigenvalue weighted by molar-refractivity contribution is 7.99. The van der Waals surface area contributed by atoms with Gasteiger partial charge in [0.2, 0.25) is 5.91 Å². The molecule has 0 atom stereocenters. The summed E-state index contributed by atoms with van der Waals surface area (Å²) in [5.74, 6) is 0.110. The van der Waals surface area contributed by atoms with Crippen LogP contribution in [-0.4, -0.2) is 34.1 Å². The number of rotatable bonds is 10. The van der Waals surface area contributed by atoms with Crippen LogP contribution in [0.1, 0.15) is 54.4 Å². The summed E-state index contributed by atoms with van der Waals surface area (Å²) in [6.45, 7) is 6.60. The zero-order valence-electron chi connectivity index (χ0n) is 17.2. The molecule has 0 saturated heterocycles. The number of hydrogen-bond donors (Lipinski definition) is 2. The molecule has 2 aromatic rings. The van der Waals surface area contributed by atoms with Crippen LogP contribution in [-0.2, 0) is 4.79 Å². The van der Waals surface area contributed by atoms with Crippen molar-refractivity contribution < 1.29 is 14.3 Å². The monoisotopic (exact) mass is 416 g/mol. The second-order valence-electron chi connectivity index (χ2n) is 6.66. The third kappa shape index (κ3) is 8.51. The van der Waals surface area contributed by atoms with Crippen molar-refractivity contribution >= 4 is 23.6 Å². The van der Waals surface area contributed by atoms with Crippen molar-refractivity contribution in [2.45, 2.75) is 51.6 Å². The zero-order chi connectivity index (χ0) is 21.1. The van der Waals surface area contributed by atoms with E-state index in [1.54, 1.807) is 24.3 Å². The lowest BCUT2D eigenvalue weighted by molar-refractivity contribution is -0.119. The molecule has 156 valence electrons. The van der Waals surface area contributed by atoms with Crippen LogP contribution in [0.15, 0.2) is 35.5 Å². The van der Waals surface area contributed by atoms with Crippen LogP contribution in [0.2, 0.25) is 0 Å². The van der Waals surface area contributed by atoms with Gasteiger partial charge in [-0.15, -0.1) is 0 Å². The summed E-state index contributed by atoms with van der Waals surface area (Å²) < 4.78 is 5.66. The average molecular weight is 417 g/mol. The van der Waals surface area contributed by atoms with Crippen molar-refractivity contribution in [2.75, 3.05) is 12.4 Å². The van der Waals surface area contributed by atoms with Gasteiger partial charge in [0.1, 0.15) is 5.75 Å². The van der Waals surface area contributed by atoms with Crippen molar-refractivity contribution in [1.82, 2.24) is 20.8 Å². The molecule has 0 bridgehead atoms. The normalized spacial score (nSPS) is 10.4. The highest BCUT2D eigenvalue weighted by Crippen LogP contribution is 2.14. The van der Waals surface area contributed by atoms with Gasteiger partial charge in [-0.3, -0.25) is 20.4 Å². The Morgan fingerprint density at radius 2 is 1.69 bits per heavy atom. The molecule has 0 radical (unpaired) electrons. The van der Waals surface area contributed by atoms with Crippen molar-refractivity contribution in [3.05, 3.63) is 47.3 Å². The quantitative estimate of drug-likeness (QED) is 0.266. The number of carbonyl (C=O) groups is 2. The smallest absolute Gasteiger partial charge is 0.269 e. The Morgan fingerprint density at radius 3 is 2.34 bits per heavy atom. The highest BCUT2D eigenvalue weighted by atomic mass is 32.2. The maximum Gasteiger partial charge on any atom is 0.269 e. The van der Waals surface area contributed by atoms with Crippen molar-refractivity contribution in [3.63, 3.8) is 0 Å². The van der Waals surface area contributed by atoms with E-state index in [1.165, 1.54) is 24.6 Å². The molecule has 0 fully saturated rings. The van der Waals surface area contributed by atoms with E-state index < -0.39 is 0 Å². The first-order valence-electron chi connectivity index (χ1n) is 9.75. The van der Waals surface area contributed by atoms with E-state index in [-0.39, 0.29) is 17.6 Å². The second-order valence-corrected chi connectivity index (χ2v) is 7.60. The molecule has 7 nitrogen and oxygen atoms in total. The van der Waals surface area contributed by atoms with Crippen molar-refractivity contribution in [3.8, 4) is 5.75 Å². The average Bonchev–Trinajstić information content (AvgIpc) is 2.70. The van der Waals surface area contributed by atoms with E-state index >= 15 is 0 Å². The summed E-state index contributed by atoms with van der Waals surface area (Å²) in [6, 6.07) is 8.71. The number of aryl methyl sites for hydroxylation is 2. The summed E-state index contributed by atoms with van der Waals surface area (Å²) in [5.41, 5.74) is 6.95. The predicted molar refractivity (Wildman–Crippen MR) is 114 cm³/mol. The molecule has 29 heavy (non-hydrogen) atoms. The van der Waals surface area contributed by atoms with Crippen LogP contribution in [0, 0.1) is 13.8 Å². The lowest BCUT2D eigenvalue weighted by atomic mass is 10.2. The predicted octanol–water partition coefficient (Wildman–Crippen LogP) is 3.61. The minimum atomic E-state index is -0.388. The molecule has 1 heterocycles. The number of nitrogens with zero attached hydrogens (tertiary/aromatic N) is 2. The molecule has 8 heteroatoms. The minimum absolute atomic E-state index is 0.105. The number of carbonyl (C=O) groups excluding carboxylic acids is 2. The van der Waals surface area contributed by atoms with Crippen LogP contribution in [0.4, 0.5) is 0 Å². The number of unbranched alkanes of at least 4 members (excludes halogenated alkanes) is 3. The molecule has 1 aromatic heterocycles. The van der Waals surface area contributed by atoms with Crippen molar-refractivity contribution in [2.24, 2.45) is 0 Å². The first-order chi connectivity index (χ1) is 14.0. The number of benzene rings is 1. The van der Waals surface area contributed by atoms with Gasteiger partial charge in [0.25, 0.3) is 5.91 Å². The van der Waals surface area contributed by atoms with E-state index in [4.69, 9.17) is 4.74 Å². The Kier molecular flexibility index (Phi) is 9.43. The van der Waals surface area contributed by atoms with E-state index in [0.717, 1.165) is 30.0 Å². The summed E-state index contributed by atoms with van der Waals surface area (Å²) in [6.07, 6.45) is 4.58. The van der Waals surface area contributed by atoms with Gasteiger partial charge in [-0.2, -0.15) is 0 Å². The molecule has 0 aliphatic rings. The fourth-order valence-corrected chi connectivity index (χ4v) is 3.29. The Labute approximate surface area is 176 Å². The van der Waals surface area contributed by atoms with Gasteiger partial charge in [-0.25, -0.2) is 9.97 Å². The first-order valence-corrected chi connectivity index (χ1v) is 10.7. The fraction of sp³-hybridized carbons (Fsp3) is 0.429. The standard InChI is InChI=1S/C21H28N4O3S/c1-4-5-6-7-12-28-18-10-8-17(9-11-18)20(27)25-24-19(26)14-29-21-22-15(2)13-16(3)23-21/h8-11,13H,4-7,12,14H2,1-3H3,(H,24,26)(H,25,27). The number of amides is 2. The molecule has 0 aliphatic heterocycles. The molecule has 0 spiro atoms. The number of ether oxygens (including phenoxy) is 1. The number of aromatic nitrogens is 2. The van der Waals surface area contributed by atoms with Gasteiger partial charge >= 0.3 is 0 Å². The van der Waals surface area contributed by atoms with Crippen LogP contribution in [0.3, 0.4) is 0 Å². The molecular weight excluding hydrogens is 388 g/mol. The molecule has 0 aliphatic carbocycles. The maximum atomic E-state index is 12.2. The summed E-state index contributed by atoms with van der Waals surface area (Å²) in [7, 11) is 0. The lowest BCUT2D eigenvalue weighted by Crippen LogP contribution is -2.42. The summed E-state index contributed by atoms with van der Waals surface area (Å²) >= 11 is 1.22. The maximum absolute atomic E-state index is 12.2. The second kappa shape index (κ2) is 12.1. The van der Waals surface area contributed by atoms with Crippen molar-refractivity contribution in [1.29, 1.82) is 0 Å². The SMILES string of the molecule is CCCCCCOc1ccc(C(=O)NNC(=O)CSc2nc(C)cc(C)n2)cc1. The first kappa shape index (κ1) is 22.7. The Bertz CT molecular complexity index is 792. The van der Waals surface area contributed by atoms with Gasteiger partial charge in [-0.1, -0.05) is 37.9 Å².